The molecule has 1 unspecified atom stereocenters. The van der Waals surface area contributed by atoms with E-state index in [2.05, 4.69) is 15.9 Å². The van der Waals surface area contributed by atoms with Crippen LogP contribution in [0.3, 0.4) is 0 Å². The quantitative estimate of drug-likeness (QED) is 0.274. The molecule has 8 heteroatoms. The fourth-order valence-corrected chi connectivity index (χ4v) is 3.77. The number of halogens is 2. The molecule has 0 bridgehead atoms. The number of carbonyl (C=O) groups excluding carboxylic acids is 2. The molecule has 152 valence electrons. The first-order chi connectivity index (χ1) is 13.9. The van der Waals surface area contributed by atoms with Crippen molar-refractivity contribution in [2.24, 2.45) is 0 Å². The number of ketones is 1. The molecular weight excluding hydrogens is 462 g/mol. The number of benzene rings is 2. The maximum atomic E-state index is 12.8. The van der Waals surface area contributed by atoms with E-state index in [0.717, 1.165) is 4.47 Å². The molecule has 6 nitrogen and oxygen atoms in total. The van der Waals surface area contributed by atoms with E-state index in [9.17, 15) is 14.7 Å². The molecule has 1 aliphatic rings. The van der Waals surface area contributed by atoms with Crippen LogP contribution in [0, 0.1) is 0 Å². The zero-order valence-electron chi connectivity index (χ0n) is 15.3. The molecular formula is C21H19BrClNO5. The normalized spacial score (nSPS) is 18.4. The van der Waals surface area contributed by atoms with E-state index in [0.29, 0.717) is 16.1 Å². The van der Waals surface area contributed by atoms with Crippen LogP contribution in [0.5, 0.6) is 0 Å². The summed E-state index contributed by atoms with van der Waals surface area (Å²) in [6.45, 7) is 0.291. The van der Waals surface area contributed by atoms with Crippen LogP contribution in [0.2, 0.25) is 5.02 Å². The topological polar surface area (TPSA) is 87.1 Å². The van der Waals surface area contributed by atoms with Gasteiger partial charge in [0.05, 0.1) is 31.4 Å². The van der Waals surface area contributed by atoms with Gasteiger partial charge in [-0.05, 0) is 42.0 Å². The fraction of sp³-hybridized carbons (Fsp3) is 0.238. The van der Waals surface area contributed by atoms with Gasteiger partial charge in [-0.15, -0.1) is 0 Å². The van der Waals surface area contributed by atoms with Crippen LogP contribution >= 0.6 is 27.5 Å². The highest BCUT2D eigenvalue weighted by atomic mass is 79.9. The maximum absolute atomic E-state index is 12.8. The average Bonchev–Trinajstić information content (AvgIpc) is 2.96. The molecule has 0 aliphatic carbocycles. The van der Waals surface area contributed by atoms with E-state index < -0.39 is 17.7 Å². The van der Waals surface area contributed by atoms with E-state index in [1.54, 1.807) is 42.5 Å². The summed E-state index contributed by atoms with van der Waals surface area (Å²) in [6.07, 6.45) is 0. The highest BCUT2D eigenvalue weighted by Crippen LogP contribution is 2.39. The SMILES string of the molecule is O=C1C(=O)N(CCOCCO)C(c2cccc(Br)c2)/C1=C(\O)c1ccc(Cl)cc1. The van der Waals surface area contributed by atoms with Crippen molar-refractivity contribution < 1.29 is 24.5 Å². The molecule has 0 saturated carbocycles. The number of likely N-dealkylation sites (tertiary alicyclic amines) is 1. The lowest BCUT2D eigenvalue weighted by Crippen LogP contribution is -2.33. The standard InChI is InChI=1S/C21H19BrClNO5/c22-15-3-1-2-14(12-15)18-17(19(26)13-4-6-16(23)7-5-13)20(27)21(28)24(18)8-10-29-11-9-25/h1-7,12,18,25-26H,8-11H2/b19-17+. The second kappa shape index (κ2) is 9.54. The largest absolute Gasteiger partial charge is 0.507 e. The third-order valence-electron chi connectivity index (χ3n) is 4.53. The minimum Gasteiger partial charge on any atom is -0.507 e. The molecule has 29 heavy (non-hydrogen) atoms. The van der Waals surface area contributed by atoms with Gasteiger partial charge in [-0.1, -0.05) is 39.7 Å². The lowest BCUT2D eigenvalue weighted by Gasteiger charge is -2.25. The van der Waals surface area contributed by atoms with Gasteiger partial charge in [-0.3, -0.25) is 9.59 Å². The Bertz CT molecular complexity index is 944. The zero-order valence-corrected chi connectivity index (χ0v) is 17.7. The number of aliphatic hydroxyl groups is 2. The maximum Gasteiger partial charge on any atom is 0.295 e. The summed E-state index contributed by atoms with van der Waals surface area (Å²) < 4.78 is 6.05. The van der Waals surface area contributed by atoms with Crippen LogP contribution in [0.1, 0.15) is 17.2 Å². The molecule has 0 spiro atoms. The Hall–Kier alpha value is -2.19. The molecule has 0 aromatic heterocycles. The molecule has 1 saturated heterocycles. The van der Waals surface area contributed by atoms with Gasteiger partial charge in [-0.25, -0.2) is 0 Å². The Balaban J connectivity index is 2.07. The minimum absolute atomic E-state index is 0.0116. The van der Waals surface area contributed by atoms with Crippen molar-refractivity contribution in [1.29, 1.82) is 0 Å². The van der Waals surface area contributed by atoms with E-state index in [1.165, 1.54) is 4.90 Å². The smallest absolute Gasteiger partial charge is 0.295 e. The van der Waals surface area contributed by atoms with Crippen molar-refractivity contribution in [1.82, 2.24) is 4.90 Å². The van der Waals surface area contributed by atoms with Crippen LogP contribution in [0.4, 0.5) is 0 Å². The van der Waals surface area contributed by atoms with Crippen LogP contribution in [-0.4, -0.2) is 53.2 Å². The first-order valence-electron chi connectivity index (χ1n) is 8.92. The van der Waals surface area contributed by atoms with Crippen molar-refractivity contribution >= 4 is 45.0 Å². The Kier molecular flexibility index (Phi) is 7.08. The van der Waals surface area contributed by atoms with Crippen molar-refractivity contribution in [3.8, 4) is 0 Å². The monoisotopic (exact) mass is 479 g/mol. The first-order valence-corrected chi connectivity index (χ1v) is 10.1. The van der Waals surface area contributed by atoms with Gasteiger partial charge in [0.25, 0.3) is 11.7 Å². The summed E-state index contributed by atoms with van der Waals surface area (Å²) in [5.41, 5.74) is 1.08. The number of nitrogens with zero attached hydrogens (tertiary/aromatic N) is 1. The molecule has 2 aromatic carbocycles. The van der Waals surface area contributed by atoms with Gasteiger partial charge in [-0.2, -0.15) is 0 Å². The lowest BCUT2D eigenvalue weighted by atomic mass is 9.95. The summed E-state index contributed by atoms with van der Waals surface area (Å²) in [5, 5.41) is 20.2. The molecule has 1 amide bonds. The van der Waals surface area contributed by atoms with Crippen LogP contribution in [-0.2, 0) is 14.3 Å². The number of rotatable bonds is 7. The summed E-state index contributed by atoms with van der Waals surface area (Å²) in [4.78, 5) is 26.9. The Labute approximate surface area is 181 Å². The Morgan fingerprint density at radius 1 is 1.14 bits per heavy atom. The Morgan fingerprint density at radius 3 is 2.52 bits per heavy atom. The predicted octanol–water partition coefficient (Wildman–Crippen LogP) is 3.53. The number of aliphatic hydroxyl groups excluding tert-OH is 2. The first kappa shape index (κ1) is 21.5. The number of carbonyl (C=O) groups is 2. The van der Waals surface area contributed by atoms with E-state index in [-0.39, 0.29) is 37.7 Å². The van der Waals surface area contributed by atoms with Crippen LogP contribution < -0.4 is 0 Å². The summed E-state index contributed by atoms with van der Waals surface area (Å²) in [6, 6.07) is 12.8. The van der Waals surface area contributed by atoms with Gasteiger partial charge in [0.1, 0.15) is 5.76 Å². The number of hydrogen-bond donors (Lipinski definition) is 2. The zero-order chi connectivity index (χ0) is 21.0. The van der Waals surface area contributed by atoms with Crippen LogP contribution in [0.25, 0.3) is 5.76 Å². The highest BCUT2D eigenvalue weighted by Gasteiger charge is 2.45. The Morgan fingerprint density at radius 2 is 1.86 bits per heavy atom. The molecule has 1 heterocycles. The molecule has 1 atom stereocenters. The van der Waals surface area contributed by atoms with Crippen LogP contribution in [0.15, 0.2) is 58.6 Å². The van der Waals surface area contributed by atoms with Crippen molar-refractivity contribution in [2.45, 2.75) is 6.04 Å². The molecule has 3 rings (SSSR count). The van der Waals surface area contributed by atoms with Crippen molar-refractivity contribution in [2.75, 3.05) is 26.4 Å². The summed E-state index contributed by atoms with van der Waals surface area (Å²) in [5.74, 6) is -1.73. The summed E-state index contributed by atoms with van der Waals surface area (Å²) >= 11 is 9.32. The second-order valence-electron chi connectivity index (χ2n) is 6.39. The molecule has 1 aliphatic heterocycles. The number of amides is 1. The molecule has 0 radical (unpaired) electrons. The molecule has 2 N–H and O–H groups in total. The second-order valence-corrected chi connectivity index (χ2v) is 7.74. The molecule has 2 aromatic rings. The van der Waals surface area contributed by atoms with Crippen molar-refractivity contribution in [3.63, 3.8) is 0 Å². The van der Waals surface area contributed by atoms with Crippen molar-refractivity contribution in [3.05, 3.63) is 74.7 Å². The summed E-state index contributed by atoms with van der Waals surface area (Å²) in [7, 11) is 0. The van der Waals surface area contributed by atoms with E-state index >= 15 is 0 Å². The van der Waals surface area contributed by atoms with E-state index in [4.69, 9.17) is 21.4 Å². The van der Waals surface area contributed by atoms with Gasteiger partial charge >= 0.3 is 0 Å². The molecule has 1 fully saturated rings. The number of ether oxygens (including phenoxy) is 1. The van der Waals surface area contributed by atoms with Gasteiger partial charge in [0, 0.05) is 21.6 Å². The minimum atomic E-state index is -0.763. The number of Topliss-reactive ketones (excluding diaryl/α,β-unsaturated/α-hetero) is 1. The van der Waals surface area contributed by atoms with E-state index in [1.807, 2.05) is 6.07 Å². The third-order valence-corrected chi connectivity index (χ3v) is 5.28. The predicted molar refractivity (Wildman–Crippen MR) is 113 cm³/mol. The van der Waals surface area contributed by atoms with Gasteiger partial charge in [0.15, 0.2) is 0 Å². The van der Waals surface area contributed by atoms with Gasteiger partial charge < -0.3 is 19.8 Å². The number of hydrogen-bond acceptors (Lipinski definition) is 5. The average molecular weight is 481 g/mol. The highest BCUT2D eigenvalue weighted by molar-refractivity contribution is 9.10. The van der Waals surface area contributed by atoms with Gasteiger partial charge in [0.2, 0.25) is 0 Å². The third kappa shape index (κ3) is 4.70. The lowest BCUT2D eigenvalue weighted by molar-refractivity contribution is -0.140. The fourth-order valence-electron chi connectivity index (χ4n) is 3.23.